The maximum Gasteiger partial charge on any atom is 0.116 e. The largest absolute Gasteiger partial charge is 0.267 e. The second-order valence-corrected chi connectivity index (χ2v) is 10.6. The molecule has 0 saturated carbocycles. The Morgan fingerprint density at radius 1 is 0.524 bits per heavy atom. The number of hydrogen-bond acceptors (Lipinski definition) is 3. The molecule has 198 valence electrons. The molecular weight excluding hydrogens is 512 g/mol. The summed E-state index contributed by atoms with van der Waals surface area (Å²) in [6.07, 6.45) is 5.70. The molecule has 0 fully saturated rings. The molecule has 6 aromatic carbocycles. The predicted octanol–water partition coefficient (Wildman–Crippen LogP) is 9.18. The van der Waals surface area contributed by atoms with E-state index >= 15 is 0 Å². The van der Waals surface area contributed by atoms with Crippen LogP contribution in [0.4, 0.5) is 0 Å². The lowest BCUT2D eigenvalue weighted by Crippen LogP contribution is -2.00. The second kappa shape index (κ2) is 10.1. The van der Waals surface area contributed by atoms with Gasteiger partial charge < -0.3 is 0 Å². The van der Waals surface area contributed by atoms with Crippen molar-refractivity contribution in [2.24, 2.45) is 0 Å². The van der Waals surface area contributed by atoms with Crippen LogP contribution in [0.15, 0.2) is 146 Å². The molecule has 4 nitrogen and oxygen atoms in total. The lowest BCUT2D eigenvalue weighted by Gasteiger charge is -2.14. The van der Waals surface area contributed by atoms with Crippen LogP contribution >= 0.6 is 0 Å². The van der Waals surface area contributed by atoms with Crippen molar-refractivity contribution in [1.82, 2.24) is 19.7 Å². The van der Waals surface area contributed by atoms with Crippen LogP contribution in [0.5, 0.6) is 0 Å². The molecule has 0 amide bonds. The number of nitrogens with zero attached hydrogens (tertiary/aromatic N) is 4. The van der Waals surface area contributed by atoms with Gasteiger partial charge in [0.25, 0.3) is 0 Å². The van der Waals surface area contributed by atoms with E-state index in [1.54, 1.807) is 6.33 Å². The lowest BCUT2D eigenvalue weighted by atomic mass is 9.90. The van der Waals surface area contributed by atoms with Gasteiger partial charge in [0.15, 0.2) is 0 Å². The molecule has 0 N–H and O–H groups in total. The third-order valence-corrected chi connectivity index (χ3v) is 7.97. The minimum atomic E-state index is 0.662. The Morgan fingerprint density at radius 2 is 1.14 bits per heavy atom. The molecule has 8 aromatic rings. The van der Waals surface area contributed by atoms with E-state index in [1.807, 2.05) is 18.3 Å². The zero-order valence-corrected chi connectivity index (χ0v) is 22.9. The normalized spacial score (nSPS) is 11.4. The quantitative estimate of drug-likeness (QED) is 0.219. The molecule has 0 unspecified atom stereocenters. The van der Waals surface area contributed by atoms with E-state index < -0.39 is 0 Å². The fourth-order valence-electron chi connectivity index (χ4n) is 6.01. The molecule has 0 radical (unpaired) electrons. The van der Waals surface area contributed by atoms with Crippen molar-refractivity contribution < 1.29 is 0 Å². The van der Waals surface area contributed by atoms with Gasteiger partial charge in [0.1, 0.15) is 11.8 Å². The summed E-state index contributed by atoms with van der Waals surface area (Å²) in [5, 5.41) is 9.72. The standard InChI is InChI=1S/C38H26N4/c1-4-10-27(11-5-1)31-19-18-30-20-26(16-17-32(30)21-31)23-42-24-34-33-22-39-25-40-37(33)35(28-12-6-2-7-13-28)36(38(34)41-42)29-14-8-3-9-15-29/h1-22,24-25H,23H2. The van der Waals surface area contributed by atoms with Crippen molar-refractivity contribution in [3.8, 4) is 33.4 Å². The lowest BCUT2D eigenvalue weighted by molar-refractivity contribution is 0.696. The molecule has 0 atom stereocenters. The summed E-state index contributed by atoms with van der Waals surface area (Å²) in [6, 6.07) is 44.9. The van der Waals surface area contributed by atoms with E-state index in [1.165, 1.54) is 27.5 Å². The first-order valence-electron chi connectivity index (χ1n) is 14.1. The minimum Gasteiger partial charge on any atom is -0.267 e. The Bertz CT molecular complexity index is 2200. The van der Waals surface area contributed by atoms with Crippen LogP contribution in [-0.2, 0) is 6.54 Å². The maximum atomic E-state index is 5.22. The van der Waals surface area contributed by atoms with Crippen LogP contribution in [0.3, 0.4) is 0 Å². The van der Waals surface area contributed by atoms with E-state index in [4.69, 9.17) is 10.1 Å². The van der Waals surface area contributed by atoms with Crippen molar-refractivity contribution in [3.63, 3.8) is 0 Å². The van der Waals surface area contributed by atoms with Gasteiger partial charge in [0.2, 0.25) is 0 Å². The molecule has 2 aromatic heterocycles. The van der Waals surface area contributed by atoms with Crippen LogP contribution in [0.25, 0.3) is 66.0 Å². The molecular formula is C38H26N4. The number of aromatic nitrogens is 4. The van der Waals surface area contributed by atoms with Crippen molar-refractivity contribution >= 4 is 32.6 Å². The number of hydrogen-bond donors (Lipinski definition) is 0. The van der Waals surface area contributed by atoms with E-state index in [9.17, 15) is 0 Å². The number of rotatable bonds is 5. The second-order valence-electron chi connectivity index (χ2n) is 10.6. The summed E-state index contributed by atoms with van der Waals surface area (Å²) < 4.78 is 2.05. The molecule has 0 aliphatic rings. The Hall–Kier alpha value is -5.61. The van der Waals surface area contributed by atoms with Gasteiger partial charge >= 0.3 is 0 Å². The molecule has 0 saturated heterocycles. The van der Waals surface area contributed by atoms with E-state index in [0.717, 1.165) is 44.1 Å². The smallest absolute Gasteiger partial charge is 0.116 e. The van der Waals surface area contributed by atoms with Gasteiger partial charge in [0.05, 0.1) is 12.1 Å². The van der Waals surface area contributed by atoms with Gasteiger partial charge in [0, 0.05) is 34.3 Å². The van der Waals surface area contributed by atoms with Crippen molar-refractivity contribution in [2.45, 2.75) is 6.54 Å². The van der Waals surface area contributed by atoms with Crippen molar-refractivity contribution in [3.05, 3.63) is 152 Å². The number of fused-ring (bicyclic) bond motifs is 4. The molecule has 0 aliphatic heterocycles. The van der Waals surface area contributed by atoms with E-state index in [2.05, 4.69) is 131 Å². The SMILES string of the molecule is c1ccc(-c2ccc3cc(Cn4cc5c(n4)c(-c4ccccc4)c(-c4ccccc4)c4ncncc45)ccc3c2)cc1. The van der Waals surface area contributed by atoms with Gasteiger partial charge in [-0.1, -0.05) is 115 Å². The highest BCUT2D eigenvalue weighted by molar-refractivity contribution is 6.18. The van der Waals surface area contributed by atoms with Gasteiger partial charge in [-0.25, -0.2) is 9.97 Å². The third-order valence-electron chi connectivity index (χ3n) is 7.97. The van der Waals surface area contributed by atoms with E-state index in [-0.39, 0.29) is 0 Å². The summed E-state index contributed by atoms with van der Waals surface area (Å²) in [5.74, 6) is 0. The van der Waals surface area contributed by atoms with Crippen LogP contribution < -0.4 is 0 Å². The third kappa shape index (κ3) is 4.21. The fraction of sp³-hybridized carbons (Fsp3) is 0.0263. The van der Waals surface area contributed by atoms with Crippen molar-refractivity contribution in [1.29, 1.82) is 0 Å². The Morgan fingerprint density at radius 3 is 1.86 bits per heavy atom. The molecule has 2 heterocycles. The van der Waals surface area contributed by atoms with Crippen LogP contribution in [0, 0.1) is 0 Å². The molecule has 0 spiro atoms. The molecule has 8 rings (SSSR count). The van der Waals surface area contributed by atoms with Gasteiger partial charge in [-0.15, -0.1) is 0 Å². The monoisotopic (exact) mass is 538 g/mol. The highest BCUT2D eigenvalue weighted by Gasteiger charge is 2.21. The topological polar surface area (TPSA) is 43.6 Å². The van der Waals surface area contributed by atoms with Crippen LogP contribution in [-0.4, -0.2) is 19.7 Å². The zero-order valence-electron chi connectivity index (χ0n) is 22.9. The maximum absolute atomic E-state index is 5.22. The average molecular weight is 539 g/mol. The Balaban J connectivity index is 1.27. The predicted molar refractivity (Wildman–Crippen MR) is 172 cm³/mol. The Labute approximate surface area is 243 Å². The van der Waals surface area contributed by atoms with Gasteiger partial charge in [-0.3, -0.25) is 4.68 Å². The molecule has 0 aliphatic carbocycles. The molecule has 0 bridgehead atoms. The molecule has 42 heavy (non-hydrogen) atoms. The fourth-order valence-corrected chi connectivity index (χ4v) is 6.01. The Kier molecular flexibility index (Phi) is 5.82. The van der Waals surface area contributed by atoms with Gasteiger partial charge in [-0.2, -0.15) is 5.10 Å². The van der Waals surface area contributed by atoms with E-state index in [0.29, 0.717) is 6.54 Å². The van der Waals surface area contributed by atoms with Crippen molar-refractivity contribution in [2.75, 3.05) is 0 Å². The first-order valence-corrected chi connectivity index (χ1v) is 14.1. The highest BCUT2D eigenvalue weighted by Crippen LogP contribution is 2.43. The summed E-state index contributed by atoms with van der Waals surface area (Å²) in [7, 11) is 0. The summed E-state index contributed by atoms with van der Waals surface area (Å²) in [6.45, 7) is 0.662. The van der Waals surface area contributed by atoms with Crippen LogP contribution in [0.2, 0.25) is 0 Å². The average Bonchev–Trinajstić information content (AvgIpc) is 3.48. The zero-order chi connectivity index (χ0) is 27.9. The molecule has 4 heteroatoms. The van der Waals surface area contributed by atoms with Crippen LogP contribution in [0.1, 0.15) is 5.56 Å². The summed E-state index contributed by atoms with van der Waals surface area (Å²) in [5.41, 5.74) is 9.95. The highest BCUT2D eigenvalue weighted by atomic mass is 15.3. The summed E-state index contributed by atoms with van der Waals surface area (Å²) in [4.78, 5) is 9.21. The minimum absolute atomic E-state index is 0.662. The van der Waals surface area contributed by atoms with Gasteiger partial charge in [-0.05, 0) is 50.7 Å². The summed E-state index contributed by atoms with van der Waals surface area (Å²) >= 11 is 0. The first-order chi connectivity index (χ1) is 20.8. The number of benzene rings is 6. The first kappa shape index (κ1) is 24.2.